The number of nitrogen functional groups attached to an aromatic ring is 1. The minimum Gasteiger partial charge on any atom is -0.497 e. The van der Waals surface area contributed by atoms with Crippen LogP contribution < -0.4 is 20.8 Å². The van der Waals surface area contributed by atoms with Crippen molar-refractivity contribution < 1.29 is 18.9 Å². The Labute approximate surface area is 236 Å². The fourth-order valence-corrected chi connectivity index (χ4v) is 5.46. The van der Waals surface area contributed by atoms with Gasteiger partial charge in [0.25, 0.3) is 5.56 Å². The number of nitrogens with zero attached hydrogens (tertiary/aromatic N) is 3. The van der Waals surface area contributed by atoms with Crippen molar-refractivity contribution in [1.82, 2.24) is 19.5 Å². The van der Waals surface area contributed by atoms with E-state index in [1.165, 1.54) is 0 Å². The molecule has 1 saturated heterocycles. The first-order valence-electron chi connectivity index (χ1n) is 13.4. The summed E-state index contributed by atoms with van der Waals surface area (Å²) in [7, 11) is 3.30. The molecule has 5 aromatic rings. The van der Waals surface area contributed by atoms with Gasteiger partial charge in [0.15, 0.2) is 11.2 Å². The maximum absolute atomic E-state index is 12.3. The van der Waals surface area contributed by atoms with E-state index in [1.807, 2.05) is 66.7 Å². The van der Waals surface area contributed by atoms with Gasteiger partial charge < -0.3 is 24.7 Å². The fourth-order valence-electron chi connectivity index (χ4n) is 5.46. The number of fused-ring (bicyclic) bond motifs is 1. The topological polar surface area (TPSA) is 127 Å². The Hall–Kier alpha value is -4.67. The second kappa shape index (κ2) is 11.1. The summed E-state index contributed by atoms with van der Waals surface area (Å²) in [6.07, 6.45) is 2.46. The van der Waals surface area contributed by atoms with Crippen LogP contribution in [-0.2, 0) is 15.1 Å². The average Bonchev–Trinajstić information content (AvgIpc) is 3.66. The van der Waals surface area contributed by atoms with Crippen LogP contribution in [0.2, 0.25) is 0 Å². The third-order valence-electron chi connectivity index (χ3n) is 7.51. The highest BCUT2D eigenvalue weighted by atomic mass is 16.6. The van der Waals surface area contributed by atoms with Crippen LogP contribution >= 0.6 is 0 Å². The van der Waals surface area contributed by atoms with Crippen LogP contribution in [0.5, 0.6) is 11.5 Å². The first-order valence-corrected chi connectivity index (χ1v) is 13.4. The molecule has 0 saturated carbocycles. The number of aromatic amines is 1. The molecule has 2 atom stereocenters. The van der Waals surface area contributed by atoms with Gasteiger partial charge >= 0.3 is 0 Å². The first kappa shape index (κ1) is 26.5. The lowest BCUT2D eigenvalue weighted by Crippen LogP contribution is -2.35. The van der Waals surface area contributed by atoms with Gasteiger partial charge in [-0.05, 0) is 53.8 Å². The Morgan fingerprint density at radius 3 is 2.15 bits per heavy atom. The molecule has 3 aromatic carbocycles. The van der Waals surface area contributed by atoms with Crippen LogP contribution in [0.25, 0.3) is 11.2 Å². The summed E-state index contributed by atoms with van der Waals surface area (Å²) in [5.74, 6) is 1.55. The highest BCUT2D eigenvalue weighted by Gasteiger charge is 2.40. The number of methoxy groups -OCH3 is 2. The molecular formula is C31H31N5O5. The van der Waals surface area contributed by atoms with Gasteiger partial charge in [-0.3, -0.25) is 14.3 Å². The maximum atomic E-state index is 12.3. The van der Waals surface area contributed by atoms with Crippen molar-refractivity contribution >= 4 is 17.1 Å². The van der Waals surface area contributed by atoms with Crippen molar-refractivity contribution in [3.63, 3.8) is 0 Å². The number of imidazole rings is 1. The molecule has 41 heavy (non-hydrogen) atoms. The Kier molecular flexibility index (Phi) is 7.17. The van der Waals surface area contributed by atoms with E-state index >= 15 is 0 Å². The second-order valence-electron chi connectivity index (χ2n) is 9.88. The number of H-pyrrole nitrogens is 1. The molecule has 3 N–H and O–H groups in total. The number of hydrogen-bond donors (Lipinski definition) is 2. The van der Waals surface area contributed by atoms with E-state index < -0.39 is 5.60 Å². The largest absolute Gasteiger partial charge is 0.497 e. The standard InChI is InChI=1S/C31H31N5O5/c1-38-23-12-8-21(9-13-23)31(20-6-4-3-5-7-20,22-10-14-24(39-2)15-11-22)40-18-25-16-17-26(41-25)36-19-33-27-28(36)34-30(32)35-29(27)37/h3-15,19,25-26H,16-18H2,1-2H3,(H3,32,34,35,37). The van der Waals surface area contributed by atoms with Gasteiger partial charge in [0.2, 0.25) is 5.95 Å². The molecule has 1 aliphatic rings. The summed E-state index contributed by atoms with van der Waals surface area (Å²) < 4.78 is 26.1. The second-order valence-corrected chi connectivity index (χ2v) is 9.88. The minimum atomic E-state index is -0.938. The van der Waals surface area contributed by atoms with Gasteiger partial charge in [0.05, 0.1) is 33.3 Å². The molecule has 2 aromatic heterocycles. The minimum absolute atomic E-state index is 0.0359. The Morgan fingerprint density at radius 2 is 1.54 bits per heavy atom. The Balaban J connectivity index is 1.35. The summed E-state index contributed by atoms with van der Waals surface area (Å²) in [6, 6.07) is 26.0. The maximum Gasteiger partial charge on any atom is 0.280 e. The zero-order chi connectivity index (χ0) is 28.4. The van der Waals surface area contributed by atoms with E-state index in [9.17, 15) is 4.79 Å². The molecule has 1 fully saturated rings. The third-order valence-corrected chi connectivity index (χ3v) is 7.51. The lowest BCUT2D eigenvalue weighted by atomic mass is 9.80. The summed E-state index contributed by atoms with van der Waals surface area (Å²) in [6.45, 7) is 0.312. The molecule has 0 bridgehead atoms. The lowest BCUT2D eigenvalue weighted by molar-refractivity contribution is -0.0756. The fraction of sp³-hybridized carbons (Fsp3) is 0.258. The van der Waals surface area contributed by atoms with Gasteiger partial charge in [-0.15, -0.1) is 0 Å². The molecule has 6 rings (SSSR count). The molecule has 0 spiro atoms. The predicted molar refractivity (Wildman–Crippen MR) is 154 cm³/mol. The van der Waals surface area contributed by atoms with Gasteiger partial charge in [-0.1, -0.05) is 54.6 Å². The van der Waals surface area contributed by atoms with Crippen LogP contribution in [0.15, 0.2) is 90.0 Å². The third kappa shape index (κ3) is 4.92. The molecule has 3 heterocycles. The van der Waals surface area contributed by atoms with E-state index in [1.54, 1.807) is 25.1 Å². The molecule has 210 valence electrons. The highest BCUT2D eigenvalue weighted by molar-refractivity contribution is 5.70. The average molecular weight is 554 g/mol. The molecule has 0 aliphatic carbocycles. The van der Waals surface area contributed by atoms with Crippen LogP contribution in [0.1, 0.15) is 35.8 Å². The number of benzene rings is 3. The number of ether oxygens (including phenoxy) is 4. The molecule has 0 radical (unpaired) electrons. The molecule has 0 amide bonds. The van der Waals surface area contributed by atoms with Crippen LogP contribution in [0.3, 0.4) is 0 Å². The van der Waals surface area contributed by atoms with Gasteiger partial charge in [-0.25, -0.2) is 4.98 Å². The van der Waals surface area contributed by atoms with Crippen molar-refractivity contribution in [3.05, 3.63) is 112 Å². The summed E-state index contributed by atoms with van der Waals surface area (Å²) in [4.78, 5) is 23.3. The normalized spacial score (nSPS) is 17.1. The van der Waals surface area contributed by atoms with E-state index in [-0.39, 0.29) is 29.4 Å². The van der Waals surface area contributed by atoms with Crippen molar-refractivity contribution in [2.45, 2.75) is 30.8 Å². The van der Waals surface area contributed by atoms with Crippen LogP contribution in [-0.4, -0.2) is 46.4 Å². The van der Waals surface area contributed by atoms with Crippen molar-refractivity contribution in [1.29, 1.82) is 0 Å². The molecule has 1 aliphatic heterocycles. The number of aromatic nitrogens is 4. The van der Waals surface area contributed by atoms with Crippen LogP contribution in [0.4, 0.5) is 5.95 Å². The number of nitrogens with one attached hydrogen (secondary N) is 1. The Bertz CT molecular complexity index is 1640. The lowest BCUT2D eigenvalue weighted by Gasteiger charge is -2.37. The van der Waals surface area contributed by atoms with Gasteiger partial charge in [-0.2, -0.15) is 4.98 Å². The summed E-state index contributed by atoms with van der Waals surface area (Å²) in [5.41, 5.74) is 7.97. The van der Waals surface area contributed by atoms with Crippen molar-refractivity contribution in [2.75, 3.05) is 26.6 Å². The molecule has 10 nitrogen and oxygen atoms in total. The zero-order valence-corrected chi connectivity index (χ0v) is 22.8. The van der Waals surface area contributed by atoms with Crippen molar-refractivity contribution in [2.24, 2.45) is 0 Å². The quantitative estimate of drug-likeness (QED) is 0.257. The van der Waals surface area contributed by atoms with Gasteiger partial charge in [0, 0.05) is 0 Å². The monoisotopic (exact) mass is 553 g/mol. The number of hydrogen-bond acceptors (Lipinski definition) is 8. The predicted octanol–water partition coefficient (Wildman–Crippen LogP) is 4.41. The van der Waals surface area contributed by atoms with E-state index in [0.717, 1.165) is 34.6 Å². The Morgan fingerprint density at radius 1 is 0.927 bits per heavy atom. The summed E-state index contributed by atoms with van der Waals surface area (Å²) in [5, 5.41) is 0. The molecular weight excluding hydrogens is 522 g/mol. The summed E-state index contributed by atoms with van der Waals surface area (Å²) >= 11 is 0. The molecule has 10 heteroatoms. The first-order chi connectivity index (χ1) is 20.0. The van der Waals surface area contributed by atoms with Gasteiger partial charge in [0.1, 0.15) is 23.3 Å². The number of rotatable bonds is 9. The van der Waals surface area contributed by atoms with Crippen LogP contribution in [0, 0.1) is 0 Å². The van der Waals surface area contributed by atoms with Crippen molar-refractivity contribution in [3.8, 4) is 11.5 Å². The SMILES string of the molecule is COc1ccc(C(OCC2CCC(n3cnc4c(=O)[nH]c(N)nc43)O2)(c2ccccc2)c2ccc(OC)cc2)cc1. The van der Waals surface area contributed by atoms with E-state index in [4.69, 9.17) is 24.7 Å². The smallest absolute Gasteiger partial charge is 0.280 e. The zero-order valence-electron chi connectivity index (χ0n) is 22.8. The number of nitrogens with two attached hydrogens (primary N) is 1. The number of anilines is 1. The van der Waals surface area contributed by atoms with E-state index in [2.05, 4.69) is 27.1 Å². The molecule has 2 unspecified atom stereocenters. The van der Waals surface area contributed by atoms with E-state index in [0.29, 0.717) is 18.7 Å². The highest BCUT2D eigenvalue weighted by Crippen LogP contribution is 2.42.